The van der Waals surface area contributed by atoms with E-state index in [2.05, 4.69) is 0 Å². The molecule has 2 N–H and O–H groups in total. The van der Waals surface area contributed by atoms with Crippen LogP contribution in [0.4, 0.5) is 5.69 Å². The maximum Gasteiger partial charge on any atom is 0.269 e. The van der Waals surface area contributed by atoms with E-state index in [0.29, 0.717) is 6.61 Å². The minimum atomic E-state index is -0.408. The molecule has 0 amide bonds. The number of nitro groups is 1. The second-order valence-corrected chi connectivity index (χ2v) is 5.22. The standard InChI is InChI=1S/C16H16N2O3/c17-16-8-3-12-9-14(6-7-15(12)16)21-10-11-1-4-13(5-2-11)18(19)20/h1-2,4-7,9,16H,3,8,10,17H2. The van der Waals surface area contributed by atoms with Crippen LogP contribution in [0.1, 0.15) is 29.2 Å². The molecule has 1 aliphatic carbocycles. The summed E-state index contributed by atoms with van der Waals surface area (Å²) in [6, 6.07) is 12.5. The molecule has 3 rings (SSSR count). The molecule has 2 aromatic carbocycles. The number of hydrogen-bond donors (Lipinski definition) is 1. The van der Waals surface area contributed by atoms with Crippen LogP contribution in [0.2, 0.25) is 0 Å². The van der Waals surface area contributed by atoms with Crippen LogP contribution in [-0.4, -0.2) is 4.92 Å². The molecule has 0 fully saturated rings. The van der Waals surface area contributed by atoms with Gasteiger partial charge in [0.1, 0.15) is 12.4 Å². The van der Waals surface area contributed by atoms with Crippen molar-refractivity contribution in [2.45, 2.75) is 25.5 Å². The quantitative estimate of drug-likeness (QED) is 0.691. The van der Waals surface area contributed by atoms with Gasteiger partial charge in [0.15, 0.2) is 0 Å². The van der Waals surface area contributed by atoms with E-state index in [0.717, 1.165) is 24.2 Å². The van der Waals surface area contributed by atoms with Crippen molar-refractivity contribution in [1.29, 1.82) is 0 Å². The van der Waals surface area contributed by atoms with Gasteiger partial charge in [-0.3, -0.25) is 10.1 Å². The minimum absolute atomic E-state index is 0.0882. The van der Waals surface area contributed by atoms with Crippen molar-refractivity contribution in [2.75, 3.05) is 0 Å². The second-order valence-electron chi connectivity index (χ2n) is 5.22. The van der Waals surface area contributed by atoms with E-state index in [1.807, 2.05) is 18.2 Å². The van der Waals surface area contributed by atoms with E-state index in [1.165, 1.54) is 23.3 Å². The number of ether oxygens (including phenoxy) is 1. The number of nitrogens with zero attached hydrogens (tertiary/aromatic N) is 1. The summed E-state index contributed by atoms with van der Waals surface area (Å²) in [5.41, 5.74) is 9.45. The molecule has 0 saturated heterocycles. The molecule has 0 aromatic heterocycles. The SMILES string of the molecule is NC1CCc2cc(OCc3ccc([N+](=O)[O-])cc3)ccc21. The Kier molecular flexibility index (Phi) is 3.58. The van der Waals surface area contributed by atoms with Crippen LogP contribution in [0, 0.1) is 10.1 Å². The predicted molar refractivity (Wildman–Crippen MR) is 79.1 cm³/mol. The van der Waals surface area contributed by atoms with Crippen LogP contribution in [0.15, 0.2) is 42.5 Å². The van der Waals surface area contributed by atoms with Gasteiger partial charge in [0.05, 0.1) is 4.92 Å². The van der Waals surface area contributed by atoms with Gasteiger partial charge in [0.25, 0.3) is 5.69 Å². The molecule has 0 saturated carbocycles. The molecule has 108 valence electrons. The van der Waals surface area contributed by atoms with Gasteiger partial charge in [-0.15, -0.1) is 0 Å². The Labute approximate surface area is 122 Å². The molecule has 0 radical (unpaired) electrons. The van der Waals surface area contributed by atoms with E-state index in [1.54, 1.807) is 12.1 Å². The zero-order chi connectivity index (χ0) is 14.8. The average molecular weight is 284 g/mol. The van der Waals surface area contributed by atoms with Crippen molar-refractivity contribution in [3.8, 4) is 5.75 Å². The van der Waals surface area contributed by atoms with Crippen molar-refractivity contribution >= 4 is 5.69 Å². The molecule has 21 heavy (non-hydrogen) atoms. The first-order valence-electron chi connectivity index (χ1n) is 6.88. The Morgan fingerprint density at radius 3 is 2.71 bits per heavy atom. The van der Waals surface area contributed by atoms with Crippen LogP contribution in [-0.2, 0) is 13.0 Å². The van der Waals surface area contributed by atoms with Crippen molar-refractivity contribution in [3.05, 3.63) is 69.3 Å². The lowest BCUT2D eigenvalue weighted by Crippen LogP contribution is -2.05. The third-order valence-electron chi connectivity index (χ3n) is 3.79. The molecule has 1 atom stereocenters. The number of non-ortho nitro benzene ring substituents is 1. The largest absolute Gasteiger partial charge is 0.489 e. The molecule has 0 spiro atoms. The predicted octanol–water partition coefficient (Wildman–Crippen LogP) is 3.12. The van der Waals surface area contributed by atoms with E-state index >= 15 is 0 Å². The van der Waals surface area contributed by atoms with E-state index in [4.69, 9.17) is 10.5 Å². The first-order valence-corrected chi connectivity index (χ1v) is 6.88. The van der Waals surface area contributed by atoms with E-state index in [-0.39, 0.29) is 11.7 Å². The summed E-state index contributed by atoms with van der Waals surface area (Å²) in [6.07, 6.45) is 1.98. The fourth-order valence-corrected chi connectivity index (χ4v) is 2.60. The Morgan fingerprint density at radius 1 is 1.24 bits per heavy atom. The summed E-state index contributed by atoms with van der Waals surface area (Å²) in [4.78, 5) is 10.2. The molecule has 0 heterocycles. The van der Waals surface area contributed by atoms with Crippen LogP contribution >= 0.6 is 0 Å². The maximum absolute atomic E-state index is 10.6. The lowest BCUT2D eigenvalue weighted by atomic mass is 10.1. The average Bonchev–Trinajstić information content (AvgIpc) is 2.86. The number of fused-ring (bicyclic) bond motifs is 1. The number of benzene rings is 2. The molecular formula is C16H16N2O3. The molecule has 1 unspecified atom stereocenters. The molecule has 1 aliphatic rings. The Hall–Kier alpha value is -2.40. The van der Waals surface area contributed by atoms with Gasteiger partial charge in [-0.2, -0.15) is 0 Å². The minimum Gasteiger partial charge on any atom is -0.489 e. The molecule has 5 heteroatoms. The molecule has 0 aliphatic heterocycles. The van der Waals surface area contributed by atoms with Crippen molar-refractivity contribution in [3.63, 3.8) is 0 Å². The van der Waals surface area contributed by atoms with Crippen LogP contribution in [0.3, 0.4) is 0 Å². The fourth-order valence-electron chi connectivity index (χ4n) is 2.60. The highest BCUT2D eigenvalue weighted by Gasteiger charge is 2.19. The zero-order valence-electron chi connectivity index (χ0n) is 11.5. The summed E-state index contributed by atoms with van der Waals surface area (Å²) < 4.78 is 5.74. The first kappa shape index (κ1) is 13.6. The maximum atomic E-state index is 10.6. The van der Waals surface area contributed by atoms with Gasteiger partial charge in [-0.25, -0.2) is 0 Å². The number of nitro benzene ring substituents is 1. The third-order valence-corrected chi connectivity index (χ3v) is 3.79. The Morgan fingerprint density at radius 2 is 2.00 bits per heavy atom. The van der Waals surface area contributed by atoms with Gasteiger partial charge in [0.2, 0.25) is 0 Å². The molecular weight excluding hydrogens is 268 g/mol. The highest BCUT2D eigenvalue weighted by molar-refractivity contribution is 5.40. The summed E-state index contributed by atoms with van der Waals surface area (Å²) in [5, 5.41) is 10.6. The van der Waals surface area contributed by atoms with Gasteiger partial charge in [-0.1, -0.05) is 6.07 Å². The fraction of sp³-hybridized carbons (Fsp3) is 0.250. The summed E-state index contributed by atoms with van der Waals surface area (Å²) in [6.45, 7) is 0.392. The third kappa shape index (κ3) is 2.87. The van der Waals surface area contributed by atoms with Gasteiger partial charge >= 0.3 is 0 Å². The Bertz CT molecular complexity index is 668. The van der Waals surface area contributed by atoms with Gasteiger partial charge in [-0.05, 0) is 53.8 Å². The number of hydrogen-bond acceptors (Lipinski definition) is 4. The Balaban J connectivity index is 1.66. The summed E-state index contributed by atoms with van der Waals surface area (Å²) in [7, 11) is 0. The van der Waals surface area contributed by atoms with E-state index in [9.17, 15) is 10.1 Å². The summed E-state index contributed by atoms with van der Waals surface area (Å²) in [5.74, 6) is 0.807. The highest BCUT2D eigenvalue weighted by atomic mass is 16.6. The topological polar surface area (TPSA) is 78.4 Å². The lowest BCUT2D eigenvalue weighted by molar-refractivity contribution is -0.384. The first-order chi connectivity index (χ1) is 10.1. The number of rotatable bonds is 4. The van der Waals surface area contributed by atoms with E-state index < -0.39 is 4.92 Å². The van der Waals surface area contributed by atoms with Gasteiger partial charge < -0.3 is 10.5 Å². The molecule has 2 aromatic rings. The van der Waals surface area contributed by atoms with Crippen LogP contribution < -0.4 is 10.5 Å². The summed E-state index contributed by atoms with van der Waals surface area (Å²) >= 11 is 0. The molecule has 0 bridgehead atoms. The lowest BCUT2D eigenvalue weighted by Gasteiger charge is -2.09. The van der Waals surface area contributed by atoms with Crippen molar-refractivity contribution in [1.82, 2.24) is 0 Å². The van der Waals surface area contributed by atoms with Gasteiger partial charge in [0, 0.05) is 18.2 Å². The number of aryl methyl sites for hydroxylation is 1. The normalized spacial score (nSPS) is 16.5. The van der Waals surface area contributed by atoms with Crippen LogP contribution in [0.25, 0.3) is 0 Å². The highest BCUT2D eigenvalue weighted by Crippen LogP contribution is 2.32. The number of nitrogens with two attached hydrogens (primary N) is 1. The smallest absolute Gasteiger partial charge is 0.269 e. The monoisotopic (exact) mass is 284 g/mol. The van der Waals surface area contributed by atoms with Crippen LogP contribution in [0.5, 0.6) is 5.75 Å². The molecule has 5 nitrogen and oxygen atoms in total. The van der Waals surface area contributed by atoms with Crippen molar-refractivity contribution < 1.29 is 9.66 Å². The van der Waals surface area contributed by atoms with Crippen molar-refractivity contribution in [2.24, 2.45) is 5.73 Å². The second kappa shape index (κ2) is 5.54. The zero-order valence-corrected chi connectivity index (χ0v) is 11.5.